The number of aryl methyl sites for hydroxylation is 1. The lowest BCUT2D eigenvalue weighted by Crippen LogP contribution is -2.27. The predicted octanol–water partition coefficient (Wildman–Crippen LogP) is 2.25. The Balaban J connectivity index is 1.79. The van der Waals surface area contributed by atoms with E-state index in [0.29, 0.717) is 42.1 Å². The molecule has 3 rings (SSSR count). The molecule has 1 aromatic carbocycles. The van der Waals surface area contributed by atoms with Crippen molar-refractivity contribution in [1.29, 1.82) is 0 Å². The predicted molar refractivity (Wildman–Crippen MR) is 78.7 cm³/mol. The van der Waals surface area contributed by atoms with Gasteiger partial charge in [0.2, 0.25) is 5.89 Å². The molecule has 114 valence electrons. The molecule has 0 fully saturated rings. The maximum Gasteiger partial charge on any atom is 0.252 e. The summed E-state index contributed by atoms with van der Waals surface area (Å²) in [6, 6.07) is 4.87. The highest BCUT2D eigenvalue weighted by atomic mass is 16.5. The third kappa shape index (κ3) is 2.52. The molecule has 1 atom stereocenters. The van der Waals surface area contributed by atoms with Crippen LogP contribution in [0.15, 0.2) is 22.7 Å². The second-order valence-electron chi connectivity index (χ2n) is 5.35. The lowest BCUT2D eigenvalue weighted by Gasteiger charge is -2.12. The number of Topliss-reactive ketones (excluding diaryl/α,β-unsaturated/α-hetero) is 1. The first-order chi connectivity index (χ1) is 10.6. The molecule has 1 amide bonds. The minimum absolute atomic E-state index is 0.0992. The van der Waals surface area contributed by atoms with Crippen molar-refractivity contribution in [3.05, 3.63) is 46.6 Å². The fraction of sp³-hybridized carbons (Fsp3) is 0.375. The Morgan fingerprint density at radius 3 is 2.95 bits per heavy atom. The number of nitrogens with one attached hydrogen (secondary N) is 1. The number of carbonyl (C=O) groups excluding carboxylic acids is 2. The van der Waals surface area contributed by atoms with Crippen LogP contribution < -0.4 is 5.32 Å². The average Bonchev–Trinajstić information content (AvgIpc) is 3.14. The fourth-order valence-corrected chi connectivity index (χ4v) is 2.63. The summed E-state index contributed by atoms with van der Waals surface area (Å²) in [6.07, 6.45) is 1.77. The van der Waals surface area contributed by atoms with Crippen LogP contribution in [0.2, 0.25) is 0 Å². The highest BCUT2D eigenvalue weighted by molar-refractivity contribution is 6.05. The zero-order chi connectivity index (χ0) is 15.7. The molecule has 1 N–H and O–H groups in total. The van der Waals surface area contributed by atoms with Crippen LogP contribution in [0.1, 0.15) is 64.3 Å². The third-order valence-electron chi connectivity index (χ3n) is 3.84. The monoisotopic (exact) mass is 299 g/mol. The Morgan fingerprint density at radius 1 is 1.41 bits per heavy atom. The van der Waals surface area contributed by atoms with Crippen LogP contribution in [0, 0.1) is 0 Å². The first kappa shape index (κ1) is 14.4. The molecule has 0 unspecified atom stereocenters. The Bertz CT molecular complexity index is 736. The Labute approximate surface area is 127 Å². The molecule has 6 nitrogen and oxygen atoms in total. The second kappa shape index (κ2) is 5.71. The molecule has 1 aromatic heterocycles. The van der Waals surface area contributed by atoms with E-state index in [1.165, 1.54) is 0 Å². The number of aromatic nitrogens is 2. The van der Waals surface area contributed by atoms with Crippen molar-refractivity contribution in [2.45, 2.75) is 39.2 Å². The normalized spacial score (nSPS) is 14.7. The molecule has 0 aliphatic heterocycles. The molecule has 2 aromatic rings. The van der Waals surface area contributed by atoms with Crippen molar-refractivity contribution in [3.8, 4) is 0 Å². The van der Waals surface area contributed by atoms with Gasteiger partial charge in [-0.1, -0.05) is 24.2 Å². The van der Waals surface area contributed by atoms with Gasteiger partial charge in [0.05, 0.1) is 0 Å². The maximum atomic E-state index is 12.5. The first-order valence-electron chi connectivity index (χ1n) is 7.38. The summed E-state index contributed by atoms with van der Waals surface area (Å²) in [5.74, 6) is 0.869. The summed E-state index contributed by atoms with van der Waals surface area (Å²) >= 11 is 0. The maximum absolute atomic E-state index is 12.5. The van der Waals surface area contributed by atoms with Gasteiger partial charge in [-0.15, -0.1) is 0 Å². The van der Waals surface area contributed by atoms with Gasteiger partial charge in [-0.2, -0.15) is 4.98 Å². The summed E-state index contributed by atoms with van der Waals surface area (Å²) in [4.78, 5) is 28.4. The molecule has 0 spiro atoms. The van der Waals surface area contributed by atoms with Gasteiger partial charge in [-0.3, -0.25) is 9.59 Å². The lowest BCUT2D eigenvalue weighted by molar-refractivity contribution is 0.0931. The van der Waals surface area contributed by atoms with Gasteiger partial charge in [0.15, 0.2) is 11.6 Å². The molecule has 1 heterocycles. The van der Waals surface area contributed by atoms with Gasteiger partial charge in [0.1, 0.15) is 6.04 Å². The molecular formula is C16H17N3O3. The molecule has 6 heteroatoms. The van der Waals surface area contributed by atoms with Crippen LogP contribution in [-0.2, 0) is 12.8 Å². The number of amides is 1. The van der Waals surface area contributed by atoms with E-state index in [0.717, 1.165) is 5.56 Å². The van der Waals surface area contributed by atoms with E-state index in [-0.39, 0.29) is 17.7 Å². The summed E-state index contributed by atoms with van der Waals surface area (Å²) in [5, 5.41) is 6.67. The van der Waals surface area contributed by atoms with Gasteiger partial charge in [-0.25, -0.2) is 0 Å². The topological polar surface area (TPSA) is 85.1 Å². The van der Waals surface area contributed by atoms with Crippen molar-refractivity contribution in [3.63, 3.8) is 0 Å². The standard InChI is InChI=1S/C16H17N3O3/c1-3-14-18-16(22-19-14)9(2)17-15(21)12-6-4-5-11-10(12)7-8-13(11)20/h4-6,9H,3,7-8H2,1-2H3,(H,17,21)/t9-/m1/s1. The number of rotatable bonds is 4. The molecule has 22 heavy (non-hydrogen) atoms. The van der Waals surface area contributed by atoms with Crippen molar-refractivity contribution in [2.75, 3.05) is 0 Å². The number of hydrogen-bond acceptors (Lipinski definition) is 5. The Morgan fingerprint density at radius 2 is 2.23 bits per heavy atom. The number of carbonyl (C=O) groups is 2. The van der Waals surface area contributed by atoms with E-state index in [1.807, 2.05) is 6.92 Å². The van der Waals surface area contributed by atoms with Crippen LogP contribution in [0.25, 0.3) is 0 Å². The van der Waals surface area contributed by atoms with Gasteiger partial charge < -0.3 is 9.84 Å². The third-order valence-corrected chi connectivity index (χ3v) is 3.84. The summed E-state index contributed by atoms with van der Waals surface area (Å²) < 4.78 is 5.13. The number of benzene rings is 1. The van der Waals surface area contributed by atoms with Gasteiger partial charge in [0, 0.05) is 24.0 Å². The van der Waals surface area contributed by atoms with Gasteiger partial charge in [-0.05, 0) is 25.0 Å². The average molecular weight is 299 g/mol. The highest BCUT2D eigenvalue weighted by Gasteiger charge is 2.25. The number of hydrogen-bond donors (Lipinski definition) is 1. The van der Waals surface area contributed by atoms with Crippen LogP contribution >= 0.6 is 0 Å². The van der Waals surface area contributed by atoms with E-state index in [2.05, 4.69) is 15.5 Å². The van der Waals surface area contributed by atoms with Crippen molar-refractivity contribution >= 4 is 11.7 Å². The Hall–Kier alpha value is -2.50. The summed E-state index contributed by atoms with van der Waals surface area (Å²) in [7, 11) is 0. The van der Waals surface area contributed by atoms with Crippen LogP contribution in [0.3, 0.4) is 0 Å². The van der Waals surface area contributed by atoms with E-state index in [4.69, 9.17) is 4.52 Å². The highest BCUT2D eigenvalue weighted by Crippen LogP contribution is 2.25. The fourth-order valence-electron chi connectivity index (χ4n) is 2.63. The van der Waals surface area contributed by atoms with Crippen LogP contribution in [-0.4, -0.2) is 21.8 Å². The zero-order valence-electron chi connectivity index (χ0n) is 12.5. The Kier molecular flexibility index (Phi) is 3.75. The number of nitrogens with zero attached hydrogens (tertiary/aromatic N) is 2. The summed E-state index contributed by atoms with van der Waals surface area (Å²) in [6.45, 7) is 3.72. The minimum Gasteiger partial charge on any atom is -0.341 e. The number of fused-ring (bicyclic) bond motifs is 1. The van der Waals surface area contributed by atoms with Gasteiger partial charge in [0.25, 0.3) is 5.91 Å². The molecule has 1 aliphatic rings. The largest absolute Gasteiger partial charge is 0.341 e. The van der Waals surface area contributed by atoms with Crippen molar-refractivity contribution in [2.24, 2.45) is 0 Å². The second-order valence-corrected chi connectivity index (χ2v) is 5.35. The SMILES string of the molecule is CCc1noc([C@@H](C)NC(=O)c2cccc3c2CCC3=O)n1. The smallest absolute Gasteiger partial charge is 0.252 e. The minimum atomic E-state index is -0.381. The number of ketones is 1. The first-order valence-corrected chi connectivity index (χ1v) is 7.38. The summed E-state index contributed by atoms with van der Waals surface area (Å²) in [5.41, 5.74) is 2.04. The van der Waals surface area contributed by atoms with E-state index in [9.17, 15) is 9.59 Å². The van der Waals surface area contributed by atoms with Crippen molar-refractivity contribution < 1.29 is 14.1 Å². The molecule has 1 aliphatic carbocycles. The molecule has 0 saturated carbocycles. The molecule has 0 radical (unpaired) electrons. The molecular weight excluding hydrogens is 282 g/mol. The van der Waals surface area contributed by atoms with Crippen LogP contribution in [0.5, 0.6) is 0 Å². The van der Waals surface area contributed by atoms with E-state index >= 15 is 0 Å². The van der Waals surface area contributed by atoms with Crippen molar-refractivity contribution in [1.82, 2.24) is 15.5 Å². The van der Waals surface area contributed by atoms with Crippen LogP contribution in [0.4, 0.5) is 0 Å². The molecule has 0 bridgehead atoms. The van der Waals surface area contributed by atoms with E-state index in [1.54, 1.807) is 25.1 Å². The molecule has 0 saturated heterocycles. The quantitative estimate of drug-likeness (QED) is 0.936. The zero-order valence-corrected chi connectivity index (χ0v) is 12.5. The van der Waals surface area contributed by atoms with Gasteiger partial charge >= 0.3 is 0 Å². The lowest BCUT2D eigenvalue weighted by atomic mass is 10.0. The van der Waals surface area contributed by atoms with E-state index < -0.39 is 0 Å².